The minimum atomic E-state index is -0.105. The number of amides is 2. The van der Waals surface area contributed by atoms with Crippen molar-refractivity contribution < 1.29 is 9.59 Å². The van der Waals surface area contributed by atoms with Crippen molar-refractivity contribution in [2.45, 2.75) is 25.8 Å². The molecule has 0 aromatic carbocycles. The van der Waals surface area contributed by atoms with E-state index in [9.17, 15) is 9.59 Å². The van der Waals surface area contributed by atoms with E-state index >= 15 is 0 Å². The molecule has 0 radical (unpaired) electrons. The molecule has 0 spiro atoms. The second kappa shape index (κ2) is 5.70. The average Bonchev–Trinajstić information content (AvgIpc) is 2.69. The van der Waals surface area contributed by atoms with Crippen molar-refractivity contribution in [3.63, 3.8) is 0 Å². The van der Waals surface area contributed by atoms with Gasteiger partial charge in [0.25, 0.3) is 0 Å². The van der Waals surface area contributed by atoms with E-state index in [1.807, 2.05) is 6.92 Å². The van der Waals surface area contributed by atoms with Gasteiger partial charge in [-0.2, -0.15) is 0 Å². The molecule has 2 amide bonds. The van der Waals surface area contributed by atoms with Gasteiger partial charge in [-0.25, -0.2) is 0 Å². The third-order valence-corrected chi connectivity index (χ3v) is 2.49. The Hall–Kier alpha value is -1.10. The lowest BCUT2D eigenvalue weighted by Crippen LogP contribution is -2.45. The van der Waals surface area contributed by atoms with Crippen LogP contribution in [0.2, 0.25) is 0 Å². The molecule has 1 atom stereocenters. The Morgan fingerprint density at radius 1 is 1.53 bits per heavy atom. The average molecular weight is 213 g/mol. The molecule has 1 fully saturated rings. The fourth-order valence-corrected chi connectivity index (χ4v) is 1.71. The first-order valence-electron chi connectivity index (χ1n) is 5.40. The van der Waals surface area contributed by atoms with Crippen LogP contribution in [0.3, 0.4) is 0 Å². The molecular weight excluding hydrogens is 194 g/mol. The number of likely N-dealkylation sites (N-methyl/N-ethyl adjacent to an activating group) is 2. The Kier molecular flexibility index (Phi) is 4.55. The van der Waals surface area contributed by atoms with Crippen LogP contribution in [0.1, 0.15) is 19.8 Å². The van der Waals surface area contributed by atoms with Crippen LogP contribution in [-0.4, -0.2) is 49.4 Å². The highest BCUT2D eigenvalue weighted by Crippen LogP contribution is 2.07. The van der Waals surface area contributed by atoms with E-state index in [2.05, 4.69) is 10.6 Å². The van der Waals surface area contributed by atoms with Crippen molar-refractivity contribution >= 4 is 11.8 Å². The molecule has 0 saturated carbocycles. The number of carbonyl (C=O) groups is 2. The molecule has 1 aliphatic rings. The predicted octanol–water partition coefficient (Wildman–Crippen LogP) is -0.667. The Bertz CT molecular complexity index is 237. The van der Waals surface area contributed by atoms with Crippen LogP contribution in [0.25, 0.3) is 0 Å². The SMILES string of the molecule is CCNC(=O)CN(C)C(=O)[C@@H]1CCCN1. The van der Waals surface area contributed by atoms with Crippen LogP contribution >= 0.6 is 0 Å². The fourth-order valence-electron chi connectivity index (χ4n) is 1.71. The van der Waals surface area contributed by atoms with Crippen molar-refractivity contribution in [2.75, 3.05) is 26.7 Å². The summed E-state index contributed by atoms with van der Waals surface area (Å²) in [4.78, 5) is 24.5. The van der Waals surface area contributed by atoms with Crippen LogP contribution in [0.15, 0.2) is 0 Å². The van der Waals surface area contributed by atoms with Gasteiger partial charge in [0.1, 0.15) is 0 Å². The Morgan fingerprint density at radius 2 is 2.27 bits per heavy atom. The zero-order valence-electron chi connectivity index (χ0n) is 9.38. The van der Waals surface area contributed by atoms with Crippen LogP contribution < -0.4 is 10.6 Å². The molecule has 1 heterocycles. The number of carbonyl (C=O) groups excluding carboxylic acids is 2. The number of rotatable bonds is 4. The van der Waals surface area contributed by atoms with Gasteiger partial charge in [0.2, 0.25) is 11.8 Å². The largest absolute Gasteiger partial charge is 0.355 e. The molecule has 0 aliphatic carbocycles. The molecule has 0 aromatic heterocycles. The predicted molar refractivity (Wildman–Crippen MR) is 57.3 cm³/mol. The van der Waals surface area contributed by atoms with Crippen molar-refractivity contribution in [2.24, 2.45) is 0 Å². The van der Waals surface area contributed by atoms with E-state index in [1.165, 1.54) is 4.90 Å². The first-order valence-corrected chi connectivity index (χ1v) is 5.40. The normalized spacial score (nSPS) is 20.0. The van der Waals surface area contributed by atoms with Crippen LogP contribution in [0, 0.1) is 0 Å². The van der Waals surface area contributed by atoms with Crippen LogP contribution in [0.5, 0.6) is 0 Å². The summed E-state index contributed by atoms with van der Waals surface area (Å²) in [6.07, 6.45) is 1.91. The number of nitrogens with zero attached hydrogens (tertiary/aromatic N) is 1. The molecule has 5 heteroatoms. The van der Waals surface area contributed by atoms with Gasteiger partial charge in [-0.3, -0.25) is 9.59 Å². The van der Waals surface area contributed by atoms with E-state index < -0.39 is 0 Å². The summed E-state index contributed by atoms with van der Waals surface area (Å²) in [7, 11) is 1.66. The highest BCUT2D eigenvalue weighted by molar-refractivity contribution is 5.87. The van der Waals surface area contributed by atoms with Gasteiger partial charge in [-0.15, -0.1) is 0 Å². The van der Waals surface area contributed by atoms with E-state index in [4.69, 9.17) is 0 Å². The Morgan fingerprint density at radius 3 is 2.80 bits per heavy atom. The van der Waals surface area contributed by atoms with E-state index in [1.54, 1.807) is 7.05 Å². The molecule has 1 saturated heterocycles. The van der Waals surface area contributed by atoms with Gasteiger partial charge < -0.3 is 15.5 Å². The zero-order valence-corrected chi connectivity index (χ0v) is 9.38. The third-order valence-electron chi connectivity index (χ3n) is 2.49. The molecule has 5 nitrogen and oxygen atoms in total. The second-order valence-corrected chi connectivity index (χ2v) is 3.80. The fraction of sp³-hybridized carbons (Fsp3) is 0.800. The summed E-state index contributed by atoms with van der Waals surface area (Å²) >= 11 is 0. The quantitative estimate of drug-likeness (QED) is 0.651. The summed E-state index contributed by atoms with van der Waals surface area (Å²) in [6, 6.07) is -0.0931. The summed E-state index contributed by atoms with van der Waals surface area (Å²) in [5.41, 5.74) is 0. The second-order valence-electron chi connectivity index (χ2n) is 3.80. The standard InChI is InChI=1S/C10H19N3O2/c1-3-11-9(14)7-13(2)10(15)8-5-4-6-12-8/h8,12H,3-7H2,1-2H3,(H,11,14)/t8-/m0/s1. The van der Waals surface area contributed by atoms with Crippen molar-refractivity contribution in [1.82, 2.24) is 15.5 Å². The topological polar surface area (TPSA) is 61.4 Å². The molecule has 0 bridgehead atoms. The highest BCUT2D eigenvalue weighted by Gasteiger charge is 2.25. The van der Waals surface area contributed by atoms with Gasteiger partial charge in [-0.05, 0) is 26.3 Å². The van der Waals surface area contributed by atoms with Crippen LogP contribution in [0.4, 0.5) is 0 Å². The van der Waals surface area contributed by atoms with Gasteiger partial charge in [-0.1, -0.05) is 0 Å². The summed E-state index contributed by atoms with van der Waals surface area (Å²) < 4.78 is 0. The Labute approximate surface area is 90.2 Å². The molecule has 0 aromatic rings. The molecule has 1 rings (SSSR count). The molecule has 15 heavy (non-hydrogen) atoms. The Balaban J connectivity index is 2.35. The third kappa shape index (κ3) is 3.51. The highest BCUT2D eigenvalue weighted by atomic mass is 16.2. The number of nitrogens with one attached hydrogen (secondary N) is 2. The van der Waals surface area contributed by atoms with Gasteiger partial charge in [0.05, 0.1) is 12.6 Å². The lowest BCUT2D eigenvalue weighted by molar-refractivity contribution is -0.136. The minimum absolute atomic E-state index is 0.0127. The van der Waals surface area contributed by atoms with Crippen molar-refractivity contribution in [3.8, 4) is 0 Å². The summed E-state index contributed by atoms with van der Waals surface area (Å²) in [6.45, 7) is 3.50. The molecular formula is C10H19N3O2. The first-order chi connectivity index (χ1) is 7.15. The maximum atomic E-state index is 11.8. The maximum absolute atomic E-state index is 11.8. The van der Waals surface area contributed by atoms with E-state index in [0.717, 1.165) is 19.4 Å². The molecule has 0 unspecified atom stereocenters. The van der Waals surface area contributed by atoms with Crippen molar-refractivity contribution in [1.29, 1.82) is 0 Å². The number of hydrogen-bond donors (Lipinski definition) is 2. The zero-order chi connectivity index (χ0) is 11.3. The summed E-state index contributed by atoms with van der Waals surface area (Å²) in [5, 5.41) is 5.79. The van der Waals surface area contributed by atoms with Crippen molar-refractivity contribution in [3.05, 3.63) is 0 Å². The molecule has 2 N–H and O–H groups in total. The van der Waals surface area contributed by atoms with Crippen LogP contribution in [-0.2, 0) is 9.59 Å². The monoisotopic (exact) mass is 213 g/mol. The number of hydrogen-bond acceptors (Lipinski definition) is 3. The maximum Gasteiger partial charge on any atom is 0.239 e. The van der Waals surface area contributed by atoms with Gasteiger partial charge in [0.15, 0.2) is 0 Å². The first kappa shape index (κ1) is 12.0. The lowest BCUT2D eigenvalue weighted by Gasteiger charge is -2.20. The lowest BCUT2D eigenvalue weighted by atomic mass is 10.2. The van der Waals surface area contributed by atoms with Gasteiger partial charge >= 0.3 is 0 Å². The van der Waals surface area contributed by atoms with E-state index in [0.29, 0.717) is 6.54 Å². The minimum Gasteiger partial charge on any atom is -0.355 e. The smallest absolute Gasteiger partial charge is 0.239 e. The molecule has 1 aliphatic heterocycles. The molecule has 86 valence electrons. The van der Waals surface area contributed by atoms with E-state index in [-0.39, 0.29) is 24.4 Å². The van der Waals surface area contributed by atoms with Gasteiger partial charge in [0, 0.05) is 13.6 Å². The summed E-state index contributed by atoms with van der Waals surface area (Å²) in [5.74, 6) is -0.0925.